The molecule has 6 heteroatoms. The maximum atomic E-state index is 8.84. The van der Waals surface area contributed by atoms with Gasteiger partial charge in [0, 0.05) is 29.7 Å². The minimum Gasteiger partial charge on any atom is -0.313 e. The third-order valence-electron chi connectivity index (χ3n) is 6.48. The fraction of sp³-hybridized carbons (Fsp3) is 0.360. The van der Waals surface area contributed by atoms with Crippen LogP contribution in [0, 0.1) is 16.7 Å². The molecule has 0 radical (unpaired) electrons. The van der Waals surface area contributed by atoms with Gasteiger partial charge in [-0.15, -0.1) is 23.1 Å². The summed E-state index contributed by atoms with van der Waals surface area (Å²) in [5.74, 6) is 2.39. The lowest BCUT2D eigenvalue weighted by atomic mass is 9.94. The van der Waals surface area contributed by atoms with Gasteiger partial charge in [0.1, 0.15) is 11.7 Å². The van der Waals surface area contributed by atoms with Crippen molar-refractivity contribution in [3.8, 4) is 0 Å². The fourth-order valence-corrected chi connectivity index (χ4v) is 6.68. The highest BCUT2D eigenvalue weighted by Gasteiger charge is 2.30. The average molecular weight is 449 g/mol. The first-order valence-corrected chi connectivity index (χ1v) is 12.9. The predicted molar refractivity (Wildman–Crippen MR) is 133 cm³/mol. The zero-order valence-electron chi connectivity index (χ0n) is 17.6. The summed E-state index contributed by atoms with van der Waals surface area (Å²) in [5.41, 5.74) is 1.40. The molecule has 2 N–H and O–H groups in total. The third-order valence-corrected chi connectivity index (χ3v) is 8.57. The maximum absolute atomic E-state index is 8.84. The van der Waals surface area contributed by atoms with Gasteiger partial charge in [-0.05, 0) is 60.1 Å². The molecule has 2 aliphatic heterocycles. The van der Waals surface area contributed by atoms with Crippen molar-refractivity contribution in [2.45, 2.75) is 24.2 Å². The van der Waals surface area contributed by atoms with Gasteiger partial charge in [-0.25, -0.2) is 0 Å². The van der Waals surface area contributed by atoms with E-state index in [-0.39, 0.29) is 5.92 Å². The number of fused-ring (bicyclic) bond motifs is 2. The van der Waals surface area contributed by atoms with Gasteiger partial charge in [-0.3, -0.25) is 10.8 Å². The van der Waals surface area contributed by atoms with E-state index in [2.05, 4.69) is 58.8 Å². The first-order valence-electron chi connectivity index (χ1n) is 11.0. The van der Waals surface area contributed by atoms with Gasteiger partial charge in [-0.1, -0.05) is 42.5 Å². The summed E-state index contributed by atoms with van der Waals surface area (Å²) in [6.07, 6.45) is 3.11. The molecule has 0 amide bonds. The summed E-state index contributed by atoms with van der Waals surface area (Å²) in [6.45, 7) is 3.93. The van der Waals surface area contributed by atoms with Crippen LogP contribution in [0.15, 0.2) is 58.8 Å². The zero-order valence-corrected chi connectivity index (χ0v) is 19.3. The Labute approximate surface area is 192 Å². The van der Waals surface area contributed by atoms with Crippen LogP contribution in [0.3, 0.4) is 0 Å². The van der Waals surface area contributed by atoms with E-state index in [1.54, 1.807) is 11.3 Å². The maximum Gasteiger partial charge on any atom is 0.144 e. The normalized spacial score (nSPS) is 18.2. The summed E-state index contributed by atoms with van der Waals surface area (Å²) >= 11 is 3.44. The molecule has 2 aromatic carbocycles. The first kappa shape index (κ1) is 20.7. The molecule has 5 rings (SSSR count). The van der Waals surface area contributed by atoms with Crippen LogP contribution in [0.1, 0.15) is 23.3 Å². The van der Waals surface area contributed by atoms with Gasteiger partial charge >= 0.3 is 0 Å². The number of thioether (sulfide) groups is 1. The average Bonchev–Trinajstić information content (AvgIpc) is 3.22. The molecule has 31 heavy (non-hydrogen) atoms. The molecule has 0 bridgehead atoms. The number of benzene rings is 2. The van der Waals surface area contributed by atoms with Crippen molar-refractivity contribution < 1.29 is 0 Å². The number of hydrogen-bond acceptors (Lipinski definition) is 5. The van der Waals surface area contributed by atoms with Crippen LogP contribution in [-0.2, 0) is 6.42 Å². The van der Waals surface area contributed by atoms with E-state index in [1.807, 2.05) is 16.7 Å². The molecule has 1 saturated heterocycles. The molecule has 0 atom stereocenters. The minimum atomic E-state index is 0.267. The van der Waals surface area contributed by atoms with Gasteiger partial charge in [0.25, 0.3) is 0 Å². The summed E-state index contributed by atoms with van der Waals surface area (Å²) in [7, 11) is 0. The number of rotatable bonds is 4. The second-order valence-corrected chi connectivity index (χ2v) is 10.4. The summed E-state index contributed by atoms with van der Waals surface area (Å²) in [6, 6.07) is 17.5. The van der Waals surface area contributed by atoms with Crippen molar-refractivity contribution in [3.05, 3.63) is 64.4 Å². The Morgan fingerprint density at radius 1 is 1.00 bits per heavy atom. The quantitative estimate of drug-likeness (QED) is 0.405. The van der Waals surface area contributed by atoms with E-state index in [1.165, 1.54) is 21.2 Å². The van der Waals surface area contributed by atoms with E-state index in [0.29, 0.717) is 11.7 Å². The van der Waals surface area contributed by atoms with Gasteiger partial charge in [-0.2, -0.15) is 0 Å². The Bertz CT molecular complexity index is 1100. The second-order valence-electron chi connectivity index (χ2n) is 8.40. The van der Waals surface area contributed by atoms with Gasteiger partial charge in [0.2, 0.25) is 0 Å². The molecule has 1 aromatic heterocycles. The molecule has 0 unspecified atom stereocenters. The molecule has 3 heterocycles. The third kappa shape index (κ3) is 4.43. The largest absolute Gasteiger partial charge is 0.313 e. The number of thiophene rings is 1. The van der Waals surface area contributed by atoms with Crippen molar-refractivity contribution in [2.75, 3.05) is 31.9 Å². The number of hydrogen-bond donors (Lipinski definition) is 2. The van der Waals surface area contributed by atoms with Gasteiger partial charge in [0.05, 0.1) is 4.88 Å². The number of nitrogens with zero attached hydrogens (tertiary/aromatic N) is 2. The highest BCUT2D eigenvalue weighted by Crippen LogP contribution is 2.32. The smallest absolute Gasteiger partial charge is 0.144 e. The van der Waals surface area contributed by atoms with Crippen LogP contribution in [0.2, 0.25) is 0 Å². The molecular weight excluding hydrogens is 420 g/mol. The molecule has 3 aromatic rings. The van der Waals surface area contributed by atoms with Gasteiger partial charge in [0.15, 0.2) is 0 Å². The standard InChI is InChI=1S/C25H28N4S2/c26-24(29-14-16-30-22-10-15-31-23(22)25(29)27)20-8-12-28(13-9-20)11-7-18-5-6-19-3-1-2-4-21(19)17-18/h1-6,10,15,17,20,26-27H,7-9,11-14,16H2. The van der Waals surface area contributed by atoms with Crippen molar-refractivity contribution in [2.24, 2.45) is 5.92 Å². The Kier molecular flexibility index (Phi) is 6.12. The van der Waals surface area contributed by atoms with Crippen molar-refractivity contribution in [1.29, 1.82) is 10.8 Å². The topological polar surface area (TPSA) is 54.2 Å². The van der Waals surface area contributed by atoms with Crippen molar-refractivity contribution in [1.82, 2.24) is 9.80 Å². The lowest BCUT2D eigenvalue weighted by Gasteiger charge is -2.35. The molecule has 1 fully saturated rings. The molecule has 160 valence electrons. The number of piperidine rings is 1. The second kappa shape index (κ2) is 9.15. The molecular formula is C25H28N4S2. The van der Waals surface area contributed by atoms with Crippen LogP contribution < -0.4 is 0 Å². The van der Waals surface area contributed by atoms with E-state index >= 15 is 0 Å². The van der Waals surface area contributed by atoms with Crippen molar-refractivity contribution >= 4 is 45.5 Å². The van der Waals surface area contributed by atoms with Crippen LogP contribution in [-0.4, -0.2) is 53.4 Å². The zero-order chi connectivity index (χ0) is 21.2. The lowest BCUT2D eigenvalue weighted by Crippen LogP contribution is -2.45. The number of likely N-dealkylation sites (tertiary alicyclic amines) is 1. The summed E-state index contributed by atoms with van der Waals surface area (Å²) in [4.78, 5) is 6.74. The van der Waals surface area contributed by atoms with Gasteiger partial charge < -0.3 is 9.80 Å². The van der Waals surface area contributed by atoms with E-state index < -0.39 is 0 Å². The Balaban J connectivity index is 1.15. The van der Waals surface area contributed by atoms with Crippen LogP contribution in [0.25, 0.3) is 10.8 Å². The number of nitrogens with one attached hydrogen (secondary N) is 2. The molecule has 2 aliphatic rings. The minimum absolute atomic E-state index is 0.267. The van der Waals surface area contributed by atoms with E-state index in [0.717, 1.165) is 56.1 Å². The Hall–Kier alpha value is -2.15. The summed E-state index contributed by atoms with van der Waals surface area (Å²) in [5, 5.41) is 22.2. The van der Waals surface area contributed by atoms with Crippen LogP contribution in [0.5, 0.6) is 0 Å². The molecule has 0 aliphatic carbocycles. The molecule has 4 nitrogen and oxygen atoms in total. The van der Waals surface area contributed by atoms with Crippen LogP contribution in [0.4, 0.5) is 0 Å². The van der Waals surface area contributed by atoms with E-state index in [9.17, 15) is 0 Å². The highest BCUT2D eigenvalue weighted by molar-refractivity contribution is 7.99. The molecule has 0 saturated carbocycles. The number of amidine groups is 2. The van der Waals surface area contributed by atoms with Crippen molar-refractivity contribution in [3.63, 3.8) is 0 Å². The lowest BCUT2D eigenvalue weighted by molar-refractivity contribution is 0.207. The van der Waals surface area contributed by atoms with E-state index in [4.69, 9.17) is 10.8 Å². The highest BCUT2D eigenvalue weighted by atomic mass is 32.2. The Morgan fingerprint density at radius 3 is 2.65 bits per heavy atom. The summed E-state index contributed by atoms with van der Waals surface area (Å²) < 4.78 is 0. The Morgan fingerprint density at radius 2 is 1.81 bits per heavy atom. The monoisotopic (exact) mass is 448 g/mol. The predicted octanol–water partition coefficient (Wildman–Crippen LogP) is 5.57. The fourth-order valence-electron chi connectivity index (χ4n) is 4.64. The molecule has 0 spiro atoms. The SMILES string of the molecule is N=C1c2sccc2SCCN1C(=N)C1CCN(CCc2ccc3ccccc3c2)CC1. The van der Waals surface area contributed by atoms with Crippen LogP contribution >= 0.6 is 23.1 Å². The first-order chi connectivity index (χ1) is 15.2.